The highest BCUT2D eigenvalue weighted by atomic mass is 16.5. The summed E-state index contributed by atoms with van der Waals surface area (Å²) in [4.78, 5) is 8.51. The van der Waals surface area contributed by atoms with E-state index < -0.39 is 0 Å². The topological polar surface area (TPSA) is 85.1 Å². The Morgan fingerprint density at radius 1 is 1.17 bits per heavy atom. The van der Waals surface area contributed by atoms with Gasteiger partial charge in [-0.05, 0) is 44.9 Å². The van der Waals surface area contributed by atoms with E-state index in [9.17, 15) is 0 Å². The first-order valence-corrected chi connectivity index (χ1v) is 8.70. The van der Waals surface area contributed by atoms with Gasteiger partial charge in [-0.3, -0.25) is 0 Å². The predicted molar refractivity (Wildman–Crippen MR) is 93.6 cm³/mol. The summed E-state index contributed by atoms with van der Waals surface area (Å²) in [6.45, 7) is 2.46. The number of hydrogen-bond acceptors (Lipinski definition) is 6. The zero-order valence-corrected chi connectivity index (χ0v) is 13.7. The summed E-state index contributed by atoms with van der Waals surface area (Å²) >= 11 is 0. The van der Waals surface area contributed by atoms with Crippen LogP contribution in [0.25, 0.3) is 0 Å². The molecule has 2 aliphatic rings. The fourth-order valence-corrected chi connectivity index (χ4v) is 3.17. The molecule has 0 bridgehead atoms. The smallest absolute Gasteiger partial charge is 0.154 e. The highest BCUT2D eigenvalue weighted by Gasteiger charge is 2.16. The van der Waals surface area contributed by atoms with Gasteiger partial charge in [-0.25, -0.2) is 9.97 Å². The van der Waals surface area contributed by atoms with Crippen molar-refractivity contribution in [3.63, 3.8) is 0 Å². The van der Waals surface area contributed by atoms with Gasteiger partial charge in [-0.2, -0.15) is 0 Å². The molecule has 1 fully saturated rings. The first kappa shape index (κ1) is 16.1. The molecule has 2 heterocycles. The second kappa shape index (κ2) is 8.15. The van der Waals surface area contributed by atoms with Crippen LogP contribution in [0.1, 0.15) is 44.9 Å². The highest BCUT2D eigenvalue weighted by Crippen LogP contribution is 2.24. The monoisotopic (exact) mass is 317 g/mol. The minimum Gasteiger partial charge on any atom is -0.393 e. The lowest BCUT2D eigenvalue weighted by Crippen LogP contribution is -2.20. The Bertz CT molecular complexity index is 540. The molecular formula is C17H27N5O. The number of nitrogens with zero attached hydrogens (tertiary/aromatic N) is 2. The number of hydrogen-bond donors (Lipinski definition) is 3. The molecule has 4 N–H and O–H groups in total. The Kier molecular flexibility index (Phi) is 5.69. The molecule has 1 saturated heterocycles. The maximum Gasteiger partial charge on any atom is 0.154 e. The summed E-state index contributed by atoms with van der Waals surface area (Å²) in [7, 11) is 0. The zero-order valence-electron chi connectivity index (χ0n) is 13.7. The van der Waals surface area contributed by atoms with Gasteiger partial charge in [0.25, 0.3) is 0 Å². The summed E-state index contributed by atoms with van der Waals surface area (Å²) in [6.07, 6.45) is 12.6. The van der Waals surface area contributed by atoms with E-state index in [1.54, 1.807) is 11.9 Å². The van der Waals surface area contributed by atoms with Crippen LogP contribution in [0.2, 0.25) is 0 Å². The standard InChI is InChI=1S/C17H27N5O/c18-15-16(19-9-8-13-5-2-1-3-6-13)21-12-22-17(15)20-11-14-7-4-10-23-14/h5,12,14H,1-4,6-11,18H2,(H2,19,20,21,22). The molecule has 0 radical (unpaired) electrons. The van der Waals surface area contributed by atoms with Crippen molar-refractivity contribution in [3.8, 4) is 0 Å². The molecular weight excluding hydrogens is 290 g/mol. The van der Waals surface area contributed by atoms with Crippen molar-refractivity contribution in [1.82, 2.24) is 9.97 Å². The maximum absolute atomic E-state index is 6.18. The summed E-state index contributed by atoms with van der Waals surface area (Å²) in [5.74, 6) is 1.40. The number of anilines is 3. The van der Waals surface area contributed by atoms with Crippen LogP contribution in [0, 0.1) is 0 Å². The second-order valence-corrected chi connectivity index (χ2v) is 6.29. The largest absolute Gasteiger partial charge is 0.393 e. The van der Waals surface area contributed by atoms with E-state index in [4.69, 9.17) is 10.5 Å². The third-order valence-electron chi connectivity index (χ3n) is 4.53. The molecule has 1 aromatic heterocycles. The number of ether oxygens (including phenoxy) is 1. The van der Waals surface area contributed by atoms with Crippen LogP contribution in [0.15, 0.2) is 18.0 Å². The fourth-order valence-electron chi connectivity index (χ4n) is 3.17. The first-order chi connectivity index (χ1) is 11.3. The van der Waals surface area contributed by atoms with Crippen LogP contribution in [0.3, 0.4) is 0 Å². The Labute approximate surface area is 137 Å². The van der Waals surface area contributed by atoms with Gasteiger partial charge < -0.3 is 21.1 Å². The fraction of sp³-hybridized carbons (Fsp3) is 0.647. The lowest BCUT2D eigenvalue weighted by atomic mass is 9.97. The molecule has 6 heteroatoms. The normalized spacial score (nSPS) is 21.0. The summed E-state index contributed by atoms with van der Waals surface area (Å²) in [6, 6.07) is 0. The molecule has 0 aromatic carbocycles. The SMILES string of the molecule is Nc1c(NCCC2=CCCCC2)ncnc1NCC1CCCO1. The number of rotatable bonds is 7. The molecule has 1 aliphatic heterocycles. The van der Waals surface area contributed by atoms with Crippen molar-refractivity contribution in [1.29, 1.82) is 0 Å². The third-order valence-corrected chi connectivity index (χ3v) is 4.53. The van der Waals surface area contributed by atoms with Crippen molar-refractivity contribution in [2.24, 2.45) is 0 Å². The van der Waals surface area contributed by atoms with E-state index in [1.165, 1.54) is 25.7 Å². The van der Waals surface area contributed by atoms with E-state index in [1.807, 2.05) is 0 Å². The van der Waals surface area contributed by atoms with Crippen molar-refractivity contribution in [2.45, 2.75) is 51.0 Å². The molecule has 3 rings (SSSR count). The van der Waals surface area contributed by atoms with Crippen molar-refractivity contribution < 1.29 is 4.74 Å². The van der Waals surface area contributed by atoms with Gasteiger partial charge >= 0.3 is 0 Å². The Morgan fingerprint density at radius 3 is 2.78 bits per heavy atom. The molecule has 1 aliphatic carbocycles. The van der Waals surface area contributed by atoms with Crippen LogP contribution in [0.5, 0.6) is 0 Å². The Morgan fingerprint density at radius 2 is 2.04 bits per heavy atom. The van der Waals surface area contributed by atoms with Gasteiger partial charge in [0.2, 0.25) is 0 Å². The van der Waals surface area contributed by atoms with Crippen LogP contribution in [0.4, 0.5) is 17.3 Å². The van der Waals surface area contributed by atoms with Crippen LogP contribution < -0.4 is 16.4 Å². The Hall–Kier alpha value is -1.82. The molecule has 1 atom stereocenters. The van der Waals surface area contributed by atoms with Crippen molar-refractivity contribution >= 4 is 17.3 Å². The quantitative estimate of drug-likeness (QED) is 0.670. The predicted octanol–water partition coefficient (Wildman–Crippen LogP) is 2.95. The van der Waals surface area contributed by atoms with Gasteiger partial charge in [0.15, 0.2) is 11.6 Å². The molecule has 126 valence electrons. The molecule has 0 saturated carbocycles. The van der Waals surface area contributed by atoms with Gasteiger partial charge in [0.1, 0.15) is 12.0 Å². The highest BCUT2D eigenvalue weighted by molar-refractivity contribution is 5.73. The number of allylic oxidation sites excluding steroid dienone is 1. The van der Waals surface area contributed by atoms with Crippen LogP contribution in [-0.4, -0.2) is 35.8 Å². The second-order valence-electron chi connectivity index (χ2n) is 6.29. The number of nitrogen functional groups attached to an aromatic ring is 1. The van der Waals surface area contributed by atoms with E-state index in [2.05, 4.69) is 26.7 Å². The summed E-state index contributed by atoms with van der Waals surface area (Å²) < 4.78 is 5.61. The molecule has 1 aromatic rings. The summed E-state index contributed by atoms with van der Waals surface area (Å²) in [5.41, 5.74) is 8.32. The van der Waals surface area contributed by atoms with Gasteiger partial charge in [-0.15, -0.1) is 0 Å². The summed E-state index contributed by atoms with van der Waals surface area (Å²) in [5, 5.41) is 6.62. The molecule has 1 unspecified atom stereocenters. The minimum atomic E-state index is 0.263. The first-order valence-electron chi connectivity index (χ1n) is 8.70. The van der Waals surface area contributed by atoms with E-state index >= 15 is 0 Å². The van der Waals surface area contributed by atoms with Gasteiger partial charge in [0, 0.05) is 19.7 Å². The van der Waals surface area contributed by atoms with E-state index in [-0.39, 0.29) is 6.10 Å². The number of nitrogens with one attached hydrogen (secondary N) is 2. The number of nitrogens with two attached hydrogens (primary N) is 1. The van der Waals surface area contributed by atoms with E-state index in [0.717, 1.165) is 39.0 Å². The zero-order chi connectivity index (χ0) is 15.9. The lowest BCUT2D eigenvalue weighted by molar-refractivity contribution is 0.120. The number of aromatic nitrogens is 2. The van der Waals surface area contributed by atoms with Crippen molar-refractivity contribution in [2.75, 3.05) is 36.1 Å². The van der Waals surface area contributed by atoms with Crippen LogP contribution in [-0.2, 0) is 4.74 Å². The lowest BCUT2D eigenvalue weighted by Gasteiger charge is -2.16. The Balaban J connectivity index is 1.50. The molecule has 0 spiro atoms. The average Bonchev–Trinajstić information content (AvgIpc) is 3.10. The molecule has 0 amide bonds. The van der Waals surface area contributed by atoms with Gasteiger partial charge in [0.05, 0.1) is 6.10 Å². The van der Waals surface area contributed by atoms with E-state index in [0.29, 0.717) is 17.3 Å². The maximum atomic E-state index is 6.18. The van der Waals surface area contributed by atoms with Gasteiger partial charge in [-0.1, -0.05) is 11.6 Å². The van der Waals surface area contributed by atoms with Crippen LogP contribution >= 0.6 is 0 Å². The third kappa shape index (κ3) is 4.58. The average molecular weight is 317 g/mol. The molecule has 6 nitrogen and oxygen atoms in total. The van der Waals surface area contributed by atoms with Crippen molar-refractivity contribution in [3.05, 3.63) is 18.0 Å². The minimum absolute atomic E-state index is 0.263. The molecule has 23 heavy (non-hydrogen) atoms.